The van der Waals surface area contributed by atoms with E-state index in [1.165, 1.54) is 24.0 Å². The average Bonchev–Trinajstić information content (AvgIpc) is 3.13. The van der Waals surface area contributed by atoms with Crippen LogP contribution in [0.4, 0.5) is 0 Å². The van der Waals surface area contributed by atoms with Gasteiger partial charge >= 0.3 is 0 Å². The van der Waals surface area contributed by atoms with Gasteiger partial charge in [0.1, 0.15) is 11.5 Å². The summed E-state index contributed by atoms with van der Waals surface area (Å²) in [4.78, 5) is 11.7. The first-order chi connectivity index (χ1) is 14.1. The average molecular weight is 386 g/mol. The molecule has 5 heteroatoms. The van der Waals surface area contributed by atoms with Crippen molar-refractivity contribution < 1.29 is 0 Å². The summed E-state index contributed by atoms with van der Waals surface area (Å²) in [7, 11) is 0. The van der Waals surface area contributed by atoms with Gasteiger partial charge in [-0.25, -0.2) is 9.98 Å². The zero-order chi connectivity index (χ0) is 20.0. The predicted molar refractivity (Wildman–Crippen MR) is 119 cm³/mol. The maximum Gasteiger partial charge on any atom is 0.140 e. The number of rotatable bonds is 3. The van der Waals surface area contributed by atoms with Gasteiger partial charge < -0.3 is 14.6 Å². The van der Waals surface area contributed by atoms with Crippen LogP contribution in [0.3, 0.4) is 0 Å². The van der Waals surface area contributed by atoms with Crippen LogP contribution in [-0.4, -0.2) is 33.2 Å². The first-order valence-electron chi connectivity index (χ1n) is 10.5. The lowest BCUT2D eigenvalue weighted by Crippen LogP contribution is -2.32. The van der Waals surface area contributed by atoms with E-state index in [-0.39, 0.29) is 0 Å². The van der Waals surface area contributed by atoms with Gasteiger partial charge in [0.15, 0.2) is 0 Å². The molecule has 5 heterocycles. The summed E-state index contributed by atoms with van der Waals surface area (Å²) in [6.07, 6.45) is 16.2. The molecule has 1 N–H and O–H groups in total. The van der Waals surface area contributed by atoms with Gasteiger partial charge in [0.05, 0.1) is 11.4 Å². The monoisotopic (exact) mass is 385 g/mol. The fourth-order valence-electron chi connectivity index (χ4n) is 4.45. The van der Waals surface area contributed by atoms with Gasteiger partial charge in [0, 0.05) is 29.9 Å². The zero-order valence-corrected chi connectivity index (χ0v) is 17.2. The number of imidazole rings is 1. The third-order valence-electron chi connectivity index (χ3n) is 6.03. The van der Waals surface area contributed by atoms with E-state index in [1.54, 1.807) is 0 Å². The molecule has 2 aromatic rings. The first-order valence-corrected chi connectivity index (χ1v) is 10.5. The number of hydrogen-bond acceptors (Lipinski definition) is 4. The van der Waals surface area contributed by atoms with Crippen LogP contribution in [0.5, 0.6) is 0 Å². The minimum absolute atomic E-state index is 0.617. The Kier molecular flexibility index (Phi) is 4.47. The molecule has 0 radical (unpaired) electrons. The lowest BCUT2D eigenvalue weighted by Gasteiger charge is -2.32. The first kappa shape index (κ1) is 18.1. The van der Waals surface area contributed by atoms with Crippen LogP contribution in [0, 0.1) is 12.8 Å². The van der Waals surface area contributed by atoms with E-state index in [4.69, 9.17) is 4.99 Å². The van der Waals surface area contributed by atoms with Crippen LogP contribution in [-0.2, 0) is 6.42 Å². The Hall–Kier alpha value is -2.92. The third-order valence-corrected chi connectivity index (χ3v) is 6.03. The smallest absolute Gasteiger partial charge is 0.140 e. The van der Waals surface area contributed by atoms with Crippen molar-refractivity contribution in [2.24, 2.45) is 10.9 Å². The van der Waals surface area contributed by atoms with Crippen LogP contribution in [0.1, 0.15) is 36.6 Å². The number of nitrogens with zero attached hydrogens (tertiary/aromatic N) is 4. The van der Waals surface area contributed by atoms with Crippen molar-refractivity contribution in [3.05, 3.63) is 77.6 Å². The van der Waals surface area contributed by atoms with Crippen molar-refractivity contribution in [2.45, 2.75) is 33.1 Å². The highest BCUT2D eigenvalue weighted by molar-refractivity contribution is 6.02. The standard InChI is InChI=1S/C24H27N5/c1-4-18-12-21(14-28-13-16(2)26-24(18)28)22-11-17(3)29-15-20(5-6-23(29)27-22)19-7-9-25-10-8-19/h5-6,11-15,19,25H,3-4,7-10H2,1-2H3. The maximum atomic E-state index is 4.96. The van der Waals surface area contributed by atoms with Gasteiger partial charge in [0.2, 0.25) is 0 Å². The molecule has 1 fully saturated rings. The molecular formula is C24H27N5. The molecule has 3 aliphatic rings. The summed E-state index contributed by atoms with van der Waals surface area (Å²) in [6.45, 7) is 10.7. The van der Waals surface area contributed by atoms with Crippen molar-refractivity contribution in [1.29, 1.82) is 0 Å². The lowest BCUT2D eigenvalue weighted by atomic mass is 9.89. The summed E-state index contributed by atoms with van der Waals surface area (Å²) in [5.41, 5.74) is 7.69. The molecule has 2 aromatic heterocycles. The molecule has 3 aliphatic heterocycles. The van der Waals surface area contributed by atoms with Gasteiger partial charge in [0.25, 0.3) is 0 Å². The Balaban J connectivity index is 1.49. The van der Waals surface area contributed by atoms with Gasteiger partial charge in [-0.1, -0.05) is 19.6 Å². The third kappa shape index (κ3) is 3.25. The van der Waals surface area contributed by atoms with E-state index in [9.17, 15) is 0 Å². The second-order valence-electron chi connectivity index (χ2n) is 8.07. The fraction of sp³-hybridized carbons (Fsp3) is 0.333. The van der Waals surface area contributed by atoms with Crippen LogP contribution < -0.4 is 5.32 Å². The fourth-order valence-corrected chi connectivity index (χ4v) is 4.45. The van der Waals surface area contributed by atoms with Crippen molar-refractivity contribution in [3.8, 4) is 0 Å². The van der Waals surface area contributed by atoms with Crippen LogP contribution in [0.15, 0.2) is 65.7 Å². The number of aliphatic imine (C=N–C) groups is 1. The summed E-state index contributed by atoms with van der Waals surface area (Å²) < 4.78 is 2.12. The number of hydrogen-bond donors (Lipinski definition) is 1. The van der Waals surface area contributed by atoms with Crippen LogP contribution in [0.25, 0.3) is 11.3 Å². The van der Waals surface area contributed by atoms with E-state index in [1.807, 2.05) is 6.92 Å². The summed E-state index contributed by atoms with van der Waals surface area (Å²) in [6, 6.07) is 2.21. The maximum absolute atomic E-state index is 4.96. The molecule has 29 heavy (non-hydrogen) atoms. The van der Waals surface area contributed by atoms with Gasteiger partial charge in [-0.2, -0.15) is 0 Å². The number of aromatic nitrogens is 2. The number of piperidine rings is 1. The number of aryl methyl sites for hydroxylation is 2. The van der Waals surface area contributed by atoms with E-state index >= 15 is 0 Å². The Labute approximate surface area is 171 Å². The molecule has 5 nitrogen and oxygen atoms in total. The topological polar surface area (TPSA) is 44.9 Å². The summed E-state index contributed by atoms with van der Waals surface area (Å²) in [5.74, 6) is 1.55. The Morgan fingerprint density at radius 3 is 2.83 bits per heavy atom. The summed E-state index contributed by atoms with van der Waals surface area (Å²) >= 11 is 0. The molecule has 1 saturated heterocycles. The lowest BCUT2D eigenvalue weighted by molar-refractivity contribution is 0.421. The molecule has 0 spiro atoms. The molecule has 0 aromatic carbocycles. The highest BCUT2D eigenvalue weighted by atomic mass is 15.2. The van der Waals surface area contributed by atoms with Crippen molar-refractivity contribution in [1.82, 2.24) is 19.6 Å². The highest BCUT2D eigenvalue weighted by Crippen LogP contribution is 2.32. The number of amidine groups is 1. The molecule has 0 amide bonds. The highest BCUT2D eigenvalue weighted by Gasteiger charge is 2.24. The Morgan fingerprint density at radius 1 is 1.21 bits per heavy atom. The van der Waals surface area contributed by atoms with Crippen LogP contribution in [0.2, 0.25) is 0 Å². The minimum atomic E-state index is 0.617. The SMILES string of the molecule is C=C1C=C(c2cc(CC)c3nc(C)cn3c2)N=C2C=CC(C3CCNCC3)=CN12. The molecule has 0 aliphatic carbocycles. The van der Waals surface area contributed by atoms with Gasteiger partial charge in [-0.15, -0.1) is 0 Å². The molecule has 0 atom stereocenters. The van der Waals surface area contributed by atoms with Crippen LogP contribution >= 0.6 is 0 Å². The quantitative estimate of drug-likeness (QED) is 0.860. The Morgan fingerprint density at radius 2 is 2.03 bits per heavy atom. The normalized spacial score (nSPS) is 19.9. The molecule has 0 saturated carbocycles. The molecular weight excluding hydrogens is 358 g/mol. The predicted octanol–water partition coefficient (Wildman–Crippen LogP) is 4.23. The van der Waals surface area contributed by atoms with Crippen molar-refractivity contribution >= 4 is 17.2 Å². The molecule has 0 bridgehead atoms. The Bertz CT molecular complexity index is 1110. The second kappa shape index (κ2) is 7.16. The number of pyridine rings is 1. The van der Waals surface area contributed by atoms with Crippen molar-refractivity contribution in [2.75, 3.05) is 13.1 Å². The van der Waals surface area contributed by atoms with E-state index in [0.29, 0.717) is 5.92 Å². The number of nitrogens with one attached hydrogen (secondary N) is 1. The van der Waals surface area contributed by atoms with Gasteiger partial charge in [-0.05, 0) is 74.5 Å². The summed E-state index contributed by atoms with van der Waals surface area (Å²) in [5, 5.41) is 3.44. The number of fused-ring (bicyclic) bond motifs is 2. The van der Waals surface area contributed by atoms with Crippen molar-refractivity contribution in [3.63, 3.8) is 0 Å². The molecule has 0 unspecified atom stereocenters. The largest absolute Gasteiger partial charge is 0.317 e. The zero-order valence-electron chi connectivity index (χ0n) is 17.2. The second-order valence-corrected chi connectivity index (χ2v) is 8.07. The number of allylic oxidation sites excluding steroid dienone is 3. The van der Waals surface area contributed by atoms with E-state index in [0.717, 1.165) is 53.6 Å². The van der Waals surface area contributed by atoms with E-state index < -0.39 is 0 Å². The molecule has 148 valence electrons. The van der Waals surface area contributed by atoms with Gasteiger partial charge in [-0.3, -0.25) is 0 Å². The van der Waals surface area contributed by atoms with E-state index in [2.05, 4.69) is 76.0 Å². The minimum Gasteiger partial charge on any atom is -0.317 e. The molecule has 5 rings (SSSR count).